The first kappa shape index (κ1) is 20.0. The highest BCUT2D eigenvalue weighted by atomic mass is 16.5. The Labute approximate surface area is 158 Å². The fourth-order valence-corrected chi connectivity index (χ4v) is 2.69. The van der Waals surface area contributed by atoms with Crippen molar-refractivity contribution in [2.45, 2.75) is 20.3 Å². The van der Waals surface area contributed by atoms with Crippen molar-refractivity contribution in [3.63, 3.8) is 0 Å². The van der Waals surface area contributed by atoms with Crippen LogP contribution in [0.5, 0.6) is 5.75 Å². The molecule has 0 aliphatic carbocycles. The van der Waals surface area contributed by atoms with Gasteiger partial charge in [0, 0.05) is 12.2 Å². The molecule has 0 spiro atoms. The molecule has 0 N–H and O–H groups in total. The third-order valence-corrected chi connectivity index (χ3v) is 3.90. The Bertz CT molecular complexity index is 833. The summed E-state index contributed by atoms with van der Waals surface area (Å²) in [5.74, 6) is -0.209. The Kier molecular flexibility index (Phi) is 6.95. The molecule has 140 valence electrons. The van der Waals surface area contributed by atoms with Crippen molar-refractivity contribution in [2.75, 3.05) is 25.2 Å². The zero-order valence-electron chi connectivity index (χ0n) is 15.7. The maximum Gasteiger partial charge on any atom is 0.337 e. The summed E-state index contributed by atoms with van der Waals surface area (Å²) in [5.41, 5.74) is 3.23. The predicted octanol–water partition coefficient (Wildman–Crippen LogP) is 3.42. The van der Waals surface area contributed by atoms with Crippen molar-refractivity contribution in [1.82, 2.24) is 0 Å². The van der Waals surface area contributed by atoms with E-state index < -0.39 is 5.97 Å². The zero-order valence-corrected chi connectivity index (χ0v) is 15.7. The Balaban J connectivity index is 2.09. The summed E-state index contributed by atoms with van der Waals surface area (Å²) in [4.78, 5) is 25.7. The number of nitrogens with zero attached hydrogens (tertiary/aromatic N) is 2. The number of benzene rings is 2. The van der Waals surface area contributed by atoms with Crippen LogP contribution in [0.15, 0.2) is 42.5 Å². The number of methoxy groups -OCH3 is 1. The van der Waals surface area contributed by atoms with Crippen LogP contribution in [0.2, 0.25) is 0 Å². The molecular formula is C21H22N2O4. The molecule has 0 unspecified atom stereocenters. The van der Waals surface area contributed by atoms with Gasteiger partial charge < -0.3 is 14.4 Å². The summed E-state index contributed by atoms with van der Waals surface area (Å²) in [6.07, 6.45) is 0.229. The summed E-state index contributed by atoms with van der Waals surface area (Å²) >= 11 is 0. The van der Waals surface area contributed by atoms with E-state index in [2.05, 4.69) is 10.8 Å². The smallest absolute Gasteiger partial charge is 0.337 e. The molecule has 6 heteroatoms. The van der Waals surface area contributed by atoms with Gasteiger partial charge in [0.2, 0.25) is 0 Å². The lowest BCUT2D eigenvalue weighted by molar-refractivity contribution is -0.120. The number of carbonyl (C=O) groups excluding carboxylic acids is 2. The van der Waals surface area contributed by atoms with E-state index in [0.717, 1.165) is 16.8 Å². The van der Waals surface area contributed by atoms with Gasteiger partial charge in [-0.25, -0.2) is 4.79 Å². The van der Waals surface area contributed by atoms with Gasteiger partial charge in [0.15, 0.2) is 6.61 Å². The lowest BCUT2D eigenvalue weighted by Gasteiger charge is -2.23. The molecule has 0 saturated carbocycles. The number of aryl methyl sites for hydroxylation is 2. The van der Waals surface area contributed by atoms with Crippen molar-refractivity contribution in [2.24, 2.45) is 0 Å². The average Bonchev–Trinajstić information content (AvgIpc) is 2.65. The van der Waals surface area contributed by atoms with Crippen LogP contribution in [-0.4, -0.2) is 32.1 Å². The Morgan fingerprint density at radius 2 is 1.70 bits per heavy atom. The third-order valence-electron chi connectivity index (χ3n) is 3.90. The van der Waals surface area contributed by atoms with E-state index in [0.29, 0.717) is 17.9 Å². The molecule has 0 aliphatic heterocycles. The normalized spacial score (nSPS) is 10.0. The quantitative estimate of drug-likeness (QED) is 0.702. The number of amides is 1. The van der Waals surface area contributed by atoms with Crippen molar-refractivity contribution in [3.8, 4) is 11.8 Å². The lowest BCUT2D eigenvalue weighted by Crippen LogP contribution is -2.35. The SMILES string of the molecule is COC(=O)c1ccc(OCC(=O)N(CCC#N)c2cc(C)cc(C)c2)cc1. The molecule has 0 heterocycles. The minimum Gasteiger partial charge on any atom is -0.484 e. The fourth-order valence-electron chi connectivity index (χ4n) is 2.69. The third kappa shape index (κ3) is 5.58. The number of esters is 1. The highest BCUT2D eigenvalue weighted by Gasteiger charge is 2.17. The molecule has 1 amide bonds. The van der Waals surface area contributed by atoms with Crippen molar-refractivity contribution < 1.29 is 19.1 Å². The fraction of sp³-hybridized carbons (Fsp3) is 0.286. The topological polar surface area (TPSA) is 79.6 Å². The minimum atomic E-state index is -0.435. The second-order valence-corrected chi connectivity index (χ2v) is 6.10. The number of ether oxygens (including phenoxy) is 2. The molecule has 0 bridgehead atoms. The summed E-state index contributed by atoms with van der Waals surface area (Å²) < 4.78 is 10.2. The van der Waals surface area contributed by atoms with E-state index in [-0.39, 0.29) is 18.9 Å². The van der Waals surface area contributed by atoms with Gasteiger partial charge >= 0.3 is 5.97 Å². The highest BCUT2D eigenvalue weighted by Crippen LogP contribution is 2.20. The van der Waals surface area contributed by atoms with Gasteiger partial charge in [-0.1, -0.05) is 6.07 Å². The lowest BCUT2D eigenvalue weighted by atomic mass is 10.1. The standard InChI is InChI=1S/C21H22N2O4/c1-15-11-16(2)13-18(12-15)23(10-4-9-22)20(24)14-27-19-7-5-17(6-8-19)21(25)26-3/h5-8,11-13H,4,10,14H2,1-3H3. The van der Waals surface area contributed by atoms with Crippen molar-refractivity contribution in [1.29, 1.82) is 5.26 Å². The van der Waals surface area contributed by atoms with E-state index in [1.54, 1.807) is 29.2 Å². The monoisotopic (exact) mass is 366 g/mol. The molecule has 2 rings (SSSR count). The van der Waals surface area contributed by atoms with Gasteiger partial charge in [0.05, 0.1) is 25.2 Å². The summed E-state index contributed by atoms with van der Waals surface area (Å²) in [6.45, 7) is 4.05. The maximum absolute atomic E-state index is 12.7. The van der Waals surface area contributed by atoms with Crippen LogP contribution < -0.4 is 9.64 Å². The Morgan fingerprint density at radius 3 is 2.26 bits per heavy atom. The Hall–Kier alpha value is -3.33. The van der Waals surface area contributed by atoms with Crippen molar-refractivity contribution in [3.05, 3.63) is 59.2 Å². The molecule has 0 radical (unpaired) electrons. The van der Waals surface area contributed by atoms with Crippen LogP contribution in [0.25, 0.3) is 0 Å². The summed E-state index contributed by atoms with van der Waals surface area (Å²) in [7, 11) is 1.31. The van der Waals surface area contributed by atoms with Gasteiger partial charge in [-0.3, -0.25) is 4.79 Å². The van der Waals surface area contributed by atoms with Crippen LogP contribution in [0, 0.1) is 25.2 Å². The van der Waals surface area contributed by atoms with Gasteiger partial charge in [-0.05, 0) is 61.4 Å². The highest BCUT2D eigenvalue weighted by molar-refractivity contribution is 5.94. The number of hydrogen-bond donors (Lipinski definition) is 0. The molecule has 2 aromatic carbocycles. The first-order valence-electron chi connectivity index (χ1n) is 8.51. The van der Waals surface area contributed by atoms with E-state index in [1.165, 1.54) is 7.11 Å². The second-order valence-electron chi connectivity index (χ2n) is 6.10. The van der Waals surface area contributed by atoms with Gasteiger partial charge in [0.1, 0.15) is 5.75 Å². The molecule has 2 aromatic rings. The summed E-state index contributed by atoms with van der Waals surface area (Å²) in [5, 5.41) is 8.90. The first-order valence-corrected chi connectivity index (χ1v) is 8.51. The summed E-state index contributed by atoms with van der Waals surface area (Å²) in [6, 6.07) is 14.3. The van der Waals surface area contributed by atoms with Crippen LogP contribution in [-0.2, 0) is 9.53 Å². The molecule has 27 heavy (non-hydrogen) atoms. The van der Waals surface area contributed by atoms with Gasteiger partial charge in [0.25, 0.3) is 5.91 Å². The molecule has 0 saturated heterocycles. The molecule has 0 fully saturated rings. The van der Waals surface area contributed by atoms with Crippen molar-refractivity contribution >= 4 is 17.6 Å². The molecular weight excluding hydrogens is 344 g/mol. The van der Waals surface area contributed by atoms with E-state index in [9.17, 15) is 9.59 Å². The van der Waals surface area contributed by atoms with E-state index >= 15 is 0 Å². The minimum absolute atomic E-state index is 0.171. The second kappa shape index (κ2) is 9.39. The van der Waals surface area contributed by atoms with Gasteiger partial charge in [-0.2, -0.15) is 5.26 Å². The number of carbonyl (C=O) groups is 2. The average molecular weight is 366 g/mol. The van der Waals surface area contributed by atoms with Gasteiger partial charge in [-0.15, -0.1) is 0 Å². The Morgan fingerprint density at radius 1 is 1.07 bits per heavy atom. The number of hydrogen-bond acceptors (Lipinski definition) is 5. The first-order chi connectivity index (χ1) is 12.9. The van der Waals surface area contributed by atoms with E-state index in [4.69, 9.17) is 10.00 Å². The van der Waals surface area contributed by atoms with E-state index in [1.807, 2.05) is 32.0 Å². The van der Waals surface area contributed by atoms with Crippen LogP contribution in [0.1, 0.15) is 27.9 Å². The molecule has 0 aliphatic rings. The largest absolute Gasteiger partial charge is 0.484 e. The number of rotatable bonds is 7. The maximum atomic E-state index is 12.7. The number of nitriles is 1. The predicted molar refractivity (Wildman–Crippen MR) is 102 cm³/mol. The van der Waals surface area contributed by atoms with Crippen LogP contribution in [0.3, 0.4) is 0 Å². The van der Waals surface area contributed by atoms with Crippen LogP contribution in [0.4, 0.5) is 5.69 Å². The van der Waals surface area contributed by atoms with Crippen LogP contribution >= 0.6 is 0 Å². The number of anilines is 1. The molecule has 6 nitrogen and oxygen atoms in total. The molecule has 0 atom stereocenters. The zero-order chi connectivity index (χ0) is 19.8. The molecule has 0 aromatic heterocycles.